The molecule has 1 aliphatic rings. The SMILES string of the molecule is CCOC(=O)c1cn2c(cc1=O)-c1cc(OC)c(Br)cc1CC2CC. The zero-order valence-corrected chi connectivity index (χ0v) is 16.1. The lowest BCUT2D eigenvalue weighted by Gasteiger charge is -2.30. The Hall–Kier alpha value is -2.08. The Morgan fingerprint density at radius 1 is 1.32 bits per heavy atom. The van der Waals surface area contributed by atoms with Crippen LogP contribution in [0.15, 0.2) is 33.7 Å². The molecule has 2 heterocycles. The van der Waals surface area contributed by atoms with Gasteiger partial charge in [-0.2, -0.15) is 0 Å². The van der Waals surface area contributed by atoms with Crippen LogP contribution in [0.5, 0.6) is 5.75 Å². The van der Waals surface area contributed by atoms with Crippen LogP contribution in [0, 0.1) is 0 Å². The third kappa shape index (κ3) is 3.11. The lowest BCUT2D eigenvalue weighted by molar-refractivity contribution is 0.0523. The normalized spacial score (nSPS) is 15.3. The highest BCUT2D eigenvalue weighted by Gasteiger charge is 2.26. The van der Waals surface area contributed by atoms with E-state index in [9.17, 15) is 9.59 Å². The quantitative estimate of drug-likeness (QED) is 0.722. The molecule has 1 atom stereocenters. The van der Waals surface area contributed by atoms with Crippen molar-refractivity contribution < 1.29 is 14.3 Å². The zero-order chi connectivity index (χ0) is 18.1. The summed E-state index contributed by atoms with van der Waals surface area (Å²) in [5.41, 5.74) is 2.67. The molecule has 132 valence electrons. The summed E-state index contributed by atoms with van der Waals surface area (Å²) in [7, 11) is 1.61. The molecule has 1 unspecified atom stereocenters. The van der Waals surface area contributed by atoms with Gasteiger partial charge in [0.25, 0.3) is 0 Å². The molecule has 0 spiro atoms. The van der Waals surface area contributed by atoms with Crippen LogP contribution in [-0.2, 0) is 11.2 Å². The van der Waals surface area contributed by atoms with Crippen LogP contribution in [0.3, 0.4) is 0 Å². The number of carbonyl (C=O) groups excluding carboxylic acids is 1. The third-order valence-corrected chi connectivity index (χ3v) is 5.17. The molecule has 0 fully saturated rings. The van der Waals surface area contributed by atoms with Gasteiger partial charge in [0.15, 0.2) is 5.43 Å². The summed E-state index contributed by atoms with van der Waals surface area (Å²) >= 11 is 3.53. The zero-order valence-electron chi connectivity index (χ0n) is 14.5. The number of halogens is 1. The molecule has 0 radical (unpaired) electrons. The molecule has 0 amide bonds. The molecule has 0 aliphatic carbocycles. The number of aromatic nitrogens is 1. The van der Waals surface area contributed by atoms with Crippen molar-refractivity contribution in [2.24, 2.45) is 0 Å². The molecule has 3 rings (SSSR count). The van der Waals surface area contributed by atoms with Crippen molar-refractivity contribution in [3.05, 3.63) is 50.2 Å². The molecule has 25 heavy (non-hydrogen) atoms. The summed E-state index contributed by atoms with van der Waals surface area (Å²) in [5, 5.41) is 0. The number of pyridine rings is 1. The molecule has 1 aliphatic heterocycles. The van der Waals surface area contributed by atoms with Crippen LogP contribution in [0.25, 0.3) is 11.3 Å². The molecular formula is C19H20BrNO4. The van der Waals surface area contributed by atoms with Crippen molar-refractivity contribution in [3.63, 3.8) is 0 Å². The number of benzene rings is 1. The standard InChI is InChI=1S/C19H20BrNO4/c1-4-12-6-11-7-15(20)18(24-3)8-13(11)16-9-17(22)14(10-21(12)16)19(23)25-5-2/h7-10,12H,4-6H2,1-3H3. The summed E-state index contributed by atoms with van der Waals surface area (Å²) in [6, 6.07) is 5.68. The molecule has 0 saturated heterocycles. The Bertz CT molecular complexity index is 888. The maximum absolute atomic E-state index is 12.5. The first-order chi connectivity index (χ1) is 12.0. The summed E-state index contributed by atoms with van der Waals surface area (Å²) in [5.74, 6) is 0.138. The van der Waals surface area contributed by atoms with Gasteiger partial charge in [-0.1, -0.05) is 6.92 Å². The number of fused-ring (bicyclic) bond motifs is 3. The number of carbonyl (C=O) groups is 1. The van der Waals surface area contributed by atoms with E-state index in [1.165, 1.54) is 6.07 Å². The number of hydrogen-bond donors (Lipinski definition) is 0. The van der Waals surface area contributed by atoms with E-state index < -0.39 is 5.97 Å². The molecule has 0 saturated carbocycles. The average Bonchev–Trinajstić information content (AvgIpc) is 2.60. The van der Waals surface area contributed by atoms with Crippen LogP contribution >= 0.6 is 15.9 Å². The van der Waals surface area contributed by atoms with Crippen LogP contribution in [0.4, 0.5) is 0 Å². The van der Waals surface area contributed by atoms with Gasteiger partial charge in [-0.05, 0) is 53.4 Å². The second-order valence-corrected chi connectivity index (χ2v) is 6.83. The predicted molar refractivity (Wildman–Crippen MR) is 99.4 cm³/mol. The van der Waals surface area contributed by atoms with E-state index in [0.717, 1.165) is 34.1 Å². The molecule has 0 bridgehead atoms. The first kappa shape index (κ1) is 17.7. The van der Waals surface area contributed by atoms with E-state index >= 15 is 0 Å². The Morgan fingerprint density at radius 3 is 2.72 bits per heavy atom. The van der Waals surface area contributed by atoms with E-state index in [2.05, 4.69) is 22.9 Å². The number of ether oxygens (including phenoxy) is 2. The minimum atomic E-state index is -0.572. The number of hydrogen-bond acceptors (Lipinski definition) is 4. The second kappa shape index (κ2) is 7.04. The topological polar surface area (TPSA) is 57.5 Å². The van der Waals surface area contributed by atoms with Crippen LogP contribution in [0.2, 0.25) is 0 Å². The number of esters is 1. The van der Waals surface area contributed by atoms with Crippen molar-refractivity contribution in [1.82, 2.24) is 4.57 Å². The van der Waals surface area contributed by atoms with E-state index in [-0.39, 0.29) is 23.6 Å². The summed E-state index contributed by atoms with van der Waals surface area (Å²) in [6.45, 7) is 4.06. The number of nitrogens with zero attached hydrogens (tertiary/aromatic N) is 1. The highest BCUT2D eigenvalue weighted by molar-refractivity contribution is 9.10. The summed E-state index contributed by atoms with van der Waals surface area (Å²) < 4.78 is 13.3. The highest BCUT2D eigenvalue weighted by Crippen LogP contribution is 2.40. The Labute approximate surface area is 154 Å². The fraction of sp³-hybridized carbons (Fsp3) is 0.368. The van der Waals surface area contributed by atoms with Crippen molar-refractivity contribution in [1.29, 1.82) is 0 Å². The Balaban J connectivity index is 2.22. The molecule has 0 N–H and O–H groups in total. The minimum absolute atomic E-state index is 0.0802. The molecule has 1 aromatic carbocycles. The van der Waals surface area contributed by atoms with Crippen molar-refractivity contribution in [3.8, 4) is 17.0 Å². The van der Waals surface area contributed by atoms with E-state index in [0.29, 0.717) is 5.75 Å². The number of rotatable bonds is 4. The summed E-state index contributed by atoms with van der Waals surface area (Å²) in [6.07, 6.45) is 3.36. The summed E-state index contributed by atoms with van der Waals surface area (Å²) in [4.78, 5) is 24.6. The fourth-order valence-corrected chi connectivity index (χ4v) is 3.83. The van der Waals surface area contributed by atoms with Crippen molar-refractivity contribution >= 4 is 21.9 Å². The van der Waals surface area contributed by atoms with Gasteiger partial charge in [0, 0.05) is 23.9 Å². The second-order valence-electron chi connectivity index (χ2n) is 5.97. The van der Waals surface area contributed by atoms with Gasteiger partial charge in [0.2, 0.25) is 0 Å². The Morgan fingerprint density at radius 2 is 2.08 bits per heavy atom. The van der Waals surface area contributed by atoms with Crippen molar-refractivity contribution in [2.75, 3.05) is 13.7 Å². The van der Waals surface area contributed by atoms with Gasteiger partial charge in [-0.3, -0.25) is 4.79 Å². The smallest absolute Gasteiger partial charge is 0.343 e. The maximum atomic E-state index is 12.5. The predicted octanol–water partition coefficient (Wildman–Crippen LogP) is 3.97. The number of methoxy groups -OCH3 is 1. The van der Waals surface area contributed by atoms with Crippen LogP contribution in [0.1, 0.15) is 42.2 Å². The minimum Gasteiger partial charge on any atom is -0.496 e. The first-order valence-electron chi connectivity index (χ1n) is 8.30. The van der Waals surface area contributed by atoms with E-state index in [1.807, 2.05) is 16.7 Å². The molecule has 1 aromatic heterocycles. The lowest BCUT2D eigenvalue weighted by atomic mass is 9.91. The van der Waals surface area contributed by atoms with Crippen LogP contribution < -0.4 is 10.2 Å². The van der Waals surface area contributed by atoms with Gasteiger partial charge in [-0.25, -0.2) is 4.79 Å². The van der Waals surface area contributed by atoms with Crippen LogP contribution in [-0.4, -0.2) is 24.3 Å². The maximum Gasteiger partial charge on any atom is 0.343 e. The van der Waals surface area contributed by atoms with Crippen molar-refractivity contribution in [2.45, 2.75) is 32.7 Å². The molecule has 6 heteroatoms. The van der Waals surface area contributed by atoms with E-state index in [4.69, 9.17) is 9.47 Å². The highest BCUT2D eigenvalue weighted by atomic mass is 79.9. The van der Waals surface area contributed by atoms with Gasteiger partial charge in [0.1, 0.15) is 11.3 Å². The largest absolute Gasteiger partial charge is 0.496 e. The monoisotopic (exact) mass is 405 g/mol. The third-order valence-electron chi connectivity index (χ3n) is 4.55. The molecule has 2 aromatic rings. The van der Waals surface area contributed by atoms with Gasteiger partial charge < -0.3 is 14.0 Å². The molecular weight excluding hydrogens is 386 g/mol. The first-order valence-corrected chi connectivity index (χ1v) is 9.09. The average molecular weight is 406 g/mol. The lowest BCUT2D eigenvalue weighted by Crippen LogP contribution is -2.26. The molecule has 5 nitrogen and oxygen atoms in total. The fourth-order valence-electron chi connectivity index (χ4n) is 3.28. The van der Waals surface area contributed by atoms with Gasteiger partial charge in [-0.15, -0.1) is 0 Å². The van der Waals surface area contributed by atoms with Gasteiger partial charge >= 0.3 is 5.97 Å². The van der Waals surface area contributed by atoms with E-state index in [1.54, 1.807) is 20.2 Å². The Kier molecular flexibility index (Phi) is 4.99. The van der Waals surface area contributed by atoms with Gasteiger partial charge in [0.05, 0.1) is 23.9 Å².